The van der Waals surface area contributed by atoms with Gasteiger partial charge in [-0.3, -0.25) is 9.67 Å². The van der Waals surface area contributed by atoms with E-state index >= 15 is 0 Å². The number of aliphatic hydroxyl groups excluding tert-OH is 1. The zero-order valence-electron chi connectivity index (χ0n) is 12.9. The Morgan fingerprint density at radius 3 is 2.67 bits per heavy atom. The van der Waals surface area contributed by atoms with Crippen LogP contribution in [0.15, 0.2) is 60.9 Å². The summed E-state index contributed by atoms with van der Waals surface area (Å²) in [6.45, 7) is 0.466. The summed E-state index contributed by atoms with van der Waals surface area (Å²) in [6.07, 6.45) is 2.82. The van der Waals surface area contributed by atoms with Crippen LogP contribution in [0, 0.1) is 11.3 Å². The highest BCUT2D eigenvalue weighted by atomic mass is 16.5. The number of aliphatic hydroxyl groups is 1. The molecule has 0 aliphatic carbocycles. The molecule has 0 spiro atoms. The third-order valence-electron chi connectivity index (χ3n) is 3.39. The highest BCUT2D eigenvalue weighted by molar-refractivity contribution is 5.52. The van der Waals surface area contributed by atoms with Gasteiger partial charge >= 0.3 is 0 Å². The number of aromatic nitrogens is 3. The normalized spacial score (nSPS) is 11.7. The molecule has 1 aromatic carbocycles. The van der Waals surface area contributed by atoms with Gasteiger partial charge in [-0.15, -0.1) is 0 Å². The second-order valence-electron chi connectivity index (χ2n) is 5.24. The first kappa shape index (κ1) is 15.7. The van der Waals surface area contributed by atoms with Gasteiger partial charge in [-0.1, -0.05) is 6.07 Å². The summed E-state index contributed by atoms with van der Waals surface area (Å²) in [4.78, 5) is 4.25. The molecule has 120 valence electrons. The Kier molecular flexibility index (Phi) is 4.84. The van der Waals surface area contributed by atoms with Crippen LogP contribution >= 0.6 is 0 Å². The third-order valence-corrected chi connectivity index (χ3v) is 3.39. The molecule has 0 bridgehead atoms. The number of ether oxygens (including phenoxy) is 1. The maximum Gasteiger partial charge on any atom is 0.119 e. The maximum atomic E-state index is 10.1. The molecule has 0 aliphatic heterocycles. The molecule has 2 aromatic heterocycles. The zero-order valence-corrected chi connectivity index (χ0v) is 12.9. The average molecular weight is 320 g/mol. The fourth-order valence-electron chi connectivity index (χ4n) is 2.20. The lowest BCUT2D eigenvalue weighted by atomic mass is 10.2. The Morgan fingerprint density at radius 1 is 1.12 bits per heavy atom. The van der Waals surface area contributed by atoms with Gasteiger partial charge in [0.2, 0.25) is 0 Å². The van der Waals surface area contributed by atoms with Crippen LogP contribution in [0.3, 0.4) is 0 Å². The molecule has 3 aromatic rings. The summed E-state index contributed by atoms with van der Waals surface area (Å²) in [7, 11) is 0. The van der Waals surface area contributed by atoms with Gasteiger partial charge in [0.1, 0.15) is 24.2 Å². The molecule has 6 nitrogen and oxygen atoms in total. The SMILES string of the molecule is N#Cc1ccc(OC[C@@H](O)Cn2ccc(-c3ccccn3)n2)cc1. The van der Waals surface area contributed by atoms with E-state index in [1.165, 1.54) is 0 Å². The van der Waals surface area contributed by atoms with Crippen molar-refractivity contribution in [2.24, 2.45) is 0 Å². The van der Waals surface area contributed by atoms with E-state index in [0.29, 0.717) is 17.9 Å². The topological polar surface area (TPSA) is 84.0 Å². The molecule has 3 rings (SSSR count). The van der Waals surface area contributed by atoms with Crippen molar-refractivity contribution in [3.05, 3.63) is 66.5 Å². The lowest BCUT2D eigenvalue weighted by Crippen LogP contribution is -2.23. The molecule has 24 heavy (non-hydrogen) atoms. The molecule has 1 atom stereocenters. The monoisotopic (exact) mass is 320 g/mol. The number of pyridine rings is 1. The minimum Gasteiger partial charge on any atom is -0.491 e. The van der Waals surface area contributed by atoms with E-state index in [1.807, 2.05) is 30.3 Å². The summed E-state index contributed by atoms with van der Waals surface area (Å²) in [6, 6.07) is 16.3. The molecule has 0 saturated heterocycles. The number of benzene rings is 1. The highest BCUT2D eigenvalue weighted by Crippen LogP contribution is 2.14. The predicted molar refractivity (Wildman–Crippen MR) is 88.1 cm³/mol. The number of hydrogen-bond donors (Lipinski definition) is 1. The first-order chi connectivity index (χ1) is 11.7. The Morgan fingerprint density at radius 2 is 1.96 bits per heavy atom. The van der Waals surface area contributed by atoms with Crippen LogP contribution in [0.5, 0.6) is 5.75 Å². The van der Waals surface area contributed by atoms with E-state index < -0.39 is 6.10 Å². The van der Waals surface area contributed by atoms with Gasteiger partial charge in [-0.2, -0.15) is 10.4 Å². The first-order valence-electron chi connectivity index (χ1n) is 7.50. The summed E-state index contributed by atoms with van der Waals surface area (Å²) in [5.41, 5.74) is 2.12. The molecule has 0 aliphatic rings. The van der Waals surface area contributed by atoms with Crippen LogP contribution in [-0.4, -0.2) is 32.6 Å². The first-order valence-corrected chi connectivity index (χ1v) is 7.50. The Bertz CT molecular complexity index is 822. The van der Waals surface area contributed by atoms with Gasteiger partial charge in [0.25, 0.3) is 0 Å². The summed E-state index contributed by atoms with van der Waals surface area (Å²) in [5.74, 6) is 0.614. The third kappa shape index (κ3) is 3.97. The Balaban J connectivity index is 1.54. The van der Waals surface area contributed by atoms with Gasteiger partial charge in [0.05, 0.1) is 23.9 Å². The van der Waals surface area contributed by atoms with Crippen molar-refractivity contribution in [2.75, 3.05) is 6.61 Å². The van der Waals surface area contributed by atoms with Crippen molar-refractivity contribution < 1.29 is 9.84 Å². The lowest BCUT2D eigenvalue weighted by Gasteiger charge is -2.12. The molecule has 2 heterocycles. The number of nitriles is 1. The second-order valence-corrected chi connectivity index (χ2v) is 5.24. The van der Waals surface area contributed by atoms with Crippen molar-refractivity contribution in [3.63, 3.8) is 0 Å². The van der Waals surface area contributed by atoms with Gasteiger partial charge in [0, 0.05) is 12.4 Å². The van der Waals surface area contributed by atoms with Gasteiger partial charge < -0.3 is 9.84 Å². The highest BCUT2D eigenvalue weighted by Gasteiger charge is 2.09. The number of nitrogens with zero attached hydrogens (tertiary/aromatic N) is 4. The van der Waals surface area contributed by atoms with Crippen molar-refractivity contribution in [1.29, 1.82) is 5.26 Å². The number of hydrogen-bond acceptors (Lipinski definition) is 5. The molecular formula is C18H16N4O2. The van der Waals surface area contributed by atoms with E-state index in [4.69, 9.17) is 10.00 Å². The molecule has 0 saturated carbocycles. The molecule has 6 heteroatoms. The minimum absolute atomic E-state index is 0.144. The summed E-state index contributed by atoms with van der Waals surface area (Å²) >= 11 is 0. The Labute approximate surface area is 139 Å². The zero-order chi connectivity index (χ0) is 16.8. The molecule has 0 unspecified atom stereocenters. The van der Waals surface area contributed by atoms with Gasteiger partial charge in [0.15, 0.2) is 0 Å². The molecule has 0 fully saturated rings. The van der Waals surface area contributed by atoms with Gasteiger partial charge in [-0.05, 0) is 42.5 Å². The summed E-state index contributed by atoms with van der Waals surface area (Å²) in [5, 5.41) is 23.2. The fraction of sp³-hybridized carbons (Fsp3) is 0.167. The minimum atomic E-state index is -0.697. The van der Waals surface area contributed by atoms with Crippen LogP contribution in [0.1, 0.15) is 5.56 Å². The molecular weight excluding hydrogens is 304 g/mol. The predicted octanol–water partition coefficient (Wildman–Crippen LogP) is 2.26. The standard InChI is InChI=1S/C18H16N4O2/c19-11-14-4-6-16(7-5-14)24-13-15(23)12-22-10-8-18(21-22)17-3-1-2-9-20-17/h1-10,15,23H,12-13H2/t15-/m0/s1. The van der Waals surface area contributed by atoms with Crippen LogP contribution in [-0.2, 0) is 6.54 Å². The van der Waals surface area contributed by atoms with Gasteiger partial charge in [-0.25, -0.2) is 0 Å². The second kappa shape index (κ2) is 7.40. The number of rotatable bonds is 6. The van der Waals surface area contributed by atoms with Crippen molar-refractivity contribution in [3.8, 4) is 23.2 Å². The summed E-state index contributed by atoms with van der Waals surface area (Å²) < 4.78 is 7.18. The van der Waals surface area contributed by atoms with Crippen molar-refractivity contribution >= 4 is 0 Å². The lowest BCUT2D eigenvalue weighted by molar-refractivity contribution is 0.0894. The maximum absolute atomic E-state index is 10.1. The van der Waals surface area contributed by atoms with Crippen molar-refractivity contribution in [1.82, 2.24) is 14.8 Å². The molecule has 0 amide bonds. The van der Waals surface area contributed by atoms with Crippen molar-refractivity contribution in [2.45, 2.75) is 12.6 Å². The smallest absolute Gasteiger partial charge is 0.119 e. The van der Waals surface area contributed by atoms with E-state index in [1.54, 1.807) is 41.3 Å². The Hall–Kier alpha value is -3.17. The van der Waals surface area contributed by atoms with E-state index in [2.05, 4.69) is 10.1 Å². The van der Waals surface area contributed by atoms with E-state index in [9.17, 15) is 5.11 Å². The average Bonchev–Trinajstić information content (AvgIpc) is 3.09. The molecule has 1 N–H and O–H groups in total. The van der Waals surface area contributed by atoms with Crippen LogP contribution in [0.2, 0.25) is 0 Å². The van der Waals surface area contributed by atoms with E-state index in [0.717, 1.165) is 11.4 Å². The largest absolute Gasteiger partial charge is 0.491 e. The fourth-order valence-corrected chi connectivity index (χ4v) is 2.20. The van der Waals surface area contributed by atoms with E-state index in [-0.39, 0.29) is 6.61 Å². The van der Waals surface area contributed by atoms with Crippen LogP contribution in [0.25, 0.3) is 11.4 Å². The van der Waals surface area contributed by atoms with Crippen LogP contribution in [0.4, 0.5) is 0 Å². The molecule has 0 radical (unpaired) electrons. The van der Waals surface area contributed by atoms with Crippen LogP contribution < -0.4 is 4.74 Å². The quantitative estimate of drug-likeness (QED) is 0.753.